The Balaban J connectivity index is 3.51. The number of aryl methyl sites for hydroxylation is 1. The Bertz CT molecular complexity index is 383. The lowest BCUT2D eigenvalue weighted by Gasteiger charge is -2.11. The maximum Gasteiger partial charge on any atom is 0.335 e. The largest absolute Gasteiger partial charge is 0.478 e. The Kier molecular flexibility index (Phi) is 3.17. The molecule has 0 unspecified atom stereocenters. The minimum Gasteiger partial charge on any atom is -0.478 e. The Morgan fingerprint density at radius 3 is 2.50 bits per heavy atom. The summed E-state index contributed by atoms with van der Waals surface area (Å²) in [5.74, 6) is -0.885. The smallest absolute Gasteiger partial charge is 0.335 e. The average Bonchev–Trinajstić information content (AvgIpc) is 2.13. The Morgan fingerprint density at radius 1 is 1.50 bits per heavy atom. The van der Waals surface area contributed by atoms with Gasteiger partial charge in [-0.1, -0.05) is 18.5 Å². The predicted molar refractivity (Wildman–Crippen MR) is 57.3 cm³/mol. The van der Waals surface area contributed by atoms with Crippen LogP contribution in [0.2, 0.25) is 5.02 Å². The molecular weight excluding hydrogens is 200 g/mol. The van der Waals surface area contributed by atoms with Crippen molar-refractivity contribution in [1.29, 1.82) is 0 Å². The molecule has 76 valence electrons. The van der Waals surface area contributed by atoms with E-state index in [-0.39, 0.29) is 0 Å². The molecule has 1 N–H and O–H groups in total. The van der Waals surface area contributed by atoms with Crippen molar-refractivity contribution in [3.8, 4) is 0 Å². The molecule has 0 saturated heterocycles. The van der Waals surface area contributed by atoms with Crippen LogP contribution < -0.4 is 0 Å². The van der Waals surface area contributed by atoms with E-state index in [0.717, 1.165) is 16.7 Å². The second kappa shape index (κ2) is 4.01. The topological polar surface area (TPSA) is 37.3 Å². The van der Waals surface area contributed by atoms with E-state index in [2.05, 4.69) is 0 Å². The van der Waals surface area contributed by atoms with Crippen LogP contribution in [0.3, 0.4) is 0 Å². The highest BCUT2D eigenvalue weighted by Gasteiger charge is 2.14. The van der Waals surface area contributed by atoms with Crippen LogP contribution in [0.5, 0.6) is 0 Å². The molecule has 0 aliphatic heterocycles. The zero-order valence-corrected chi connectivity index (χ0v) is 9.27. The minimum absolute atomic E-state index is 0.368. The molecule has 0 amide bonds. The van der Waals surface area contributed by atoms with Gasteiger partial charge >= 0.3 is 5.97 Å². The van der Waals surface area contributed by atoms with Gasteiger partial charge in [-0.3, -0.25) is 0 Å². The summed E-state index contributed by atoms with van der Waals surface area (Å²) >= 11 is 6.05. The van der Waals surface area contributed by atoms with Gasteiger partial charge in [-0.25, -0.2) is 4.79 Å². The van der Waals surface area contributed by atoms with Crippen molar-refractivity contribution in [2.75, 3.05) is 0 Å². The molecule has 1 aromatic rings. The fourth-order valence-electron chi connectivity index (χ4n) is 1.64. The van der Waals surface area contributed by atoms with Crippen molar-refractivity contribution in [3.63, 3.8) is 0 Å². The van der Waals surface area contributed by atoms with Gasteiger partial charge in [-0.2, -0.15) is 0 Å². The van der Waals surface area contributed by atoms with Crippen LogP contribution in [0.4, 0.5) is 0 Å². The maximum atomic E-state index is 11.0. The molecule has 0 aromatic heterocycles. The van der Waals surface area contributed by atoms with Crippen molar-refractivity contribution in [2.45, 2.75) is 27.2 Å². The standard InChI is InChI=1S/C11H13ClO2/c1-4-8-7(3)10(12)6(2)5-9(8)11(13)14/h5H,4H2,1-3H3,(H,13,14). The van der Waals surface area contributed by atoms with Crippen LogP contribution in [0, 0.1) is 13.8 Å². The summed E-state index contributed by atoms with van der Waals surface area (Å²) in [6, 6.07) is 1.64. The van der Waals surface area contributed by atoms with Crippen molar-refractivity contribution in [3.05, 3.63) is 33.3 Å². The van der Waals surface area contributed by atoms with Crippen LogP contribution in [-0.2, 0) is 6.42 Å². The summed E-state index contributed by atoms with van der Waals surface area (Å²) in [5, 5.41) is 9.67. The van der Waals surface area contributed by atoms with Gasteiger partial charge in [0.1, 0.15) is 0 Å². The van der Waals surface area contributed by atoms with Crippen LogP contribution in [0.15, 0.2) is 6.07 Å². The molecule has 0 spiro atoms. The van der Waals surface area contributed by atoms with Crippen LogP contribution in [-0.4, -0.2) is 11.1 Å². The maximum absolute atomic E-state index is 11.0. The summed E-state index contributed by atoms with van der Waals surface area (Å²) in [6.07, 6.45) is 0.688. The molecule has 0 heterocycles. The number of halogens is 1. The zero-order valence-electron chi connectivity index (χ0n) is 8.52. The normalized spacial score (nSPS) is 10.3. The van der Waals surface area contributed by atoms with Crippen LogP contribution in [0.25, 0.3) is 0 Å². The Hall–Kier alpha value is -1.02. The molecule has 0 aliphatic rings. The van der Waals surface area contributed by atoms with Crippen LogP contribution >= 0.6 is 11.6 Å². The molecule has 0 bridgehead atoms. The van der Waals surface area contributed by atoms with Gasteiger partial charge in [0, 0.05) is 5.02 Å². The monoisotopic (exact) mass is 212 g/mol. The summed E-state index contributed by atoms with van der Waals surface area (Å²) in [4.78, 5) is 11.0. The highest BCUT2D eigenvalue weighted by molar-refractivity contribution is 6.32. The SMILES string of the molecule is CCc1c(C(=O)O)cc(C)c(Cl)c1C. The van der Waals surface area contributed by atoms with Gasteiger partial charge in [0.15, 0.2) is 0 Å². The molecule has 0 radical (unpaired) electrons. The number of aromatic carboxylic acids is 1. The second-order valence-electron chi connectivity index (χ2n) is 3.32. The van der Waals surface area contributed by atoms with Crippen molar-refractivity contribution >= 4 is 17.6 Å². The Labute approximate surface area is 88.5 Å². The van der Waals surface area contributed by atoms with Gasteiger partial charge in [0.05, 0.1) is 5.56 Å². The van der Waals surface area contributed by atoms with E-state index in [9.17, 15) is 4.79 Å². The molecule has 14 heavy (non-hydrogen) atoms. The highest BCUT2D eigenvalue weighted by Crippen LogP contribution is 2.27. The number of hydrogen-bond donors (Lipinski definition) is 1. The first-order chi connectivity index (χ1) is 6.49. The first-order valence-electron chi connectivity index (χ1n) is 4.50. The number of carboxylic acid groups (broad SMARTS) is 1. The number of benzene rings is 1. The molecule has 3 heteroatoms. The van der Waals surface area contributed by atoms with E-state index < -0.39 is 5.97 Å². The summed E-state index contributed by atoms with van der Waals surface area (Å²) in [7, 11) is 0. The molecule has 0 fully saturated rings. The zero-order chi connectivity index (χ0) is 10.9. The molecular formula is C11H13ClO2. The van der Waals surface area contributed by atoms with E-state index in [4.69, 9.17) is 16.7 Å². The lowest BCUT2D eigenvalue weighted by molar-refractivity contribution is 0.0695. The minimum atomic E-state index is -0.885. The molecule has 1 rings (SSSR count). The van der Waals surface area contributed by atoms with E-state index in [1.54, 1.807) is 6.07 Å². The molecule has 0 aliphatic carbocycles. The van der Waals surface area contributed by atoms with E-state index in [1.807, 2.05) is 20.8 Å². The number of carbonyl (C=O) groups is 1. The van der Waals surface area contributed by atoms with Gasteiger partial charge in [0.25, 0.3) is 0 Å². The fourth-order valence-corrected chi connectivity index (χ4v) is 1.81. The number of carboxylic acids is 1. The molecule has 2 nitrogen and oxygen atoms in total. The summed E-state index contributed by atoms with van der Waals surface area (Å²) in [5.41, 5.74) is 2.89. The molecule has 0 atom stereocenters. The predicted octanol–water partition coefficient (Wildman–Crippen LogP) is 3.22. The Morgan fingerprint density at radius 2 is 2.07 bits per heavy atom. The van der Waals surface area contributed by atoms with E-state index in [1.165, 1.54) is 0 Å². The average molecular weight is 213 g/mol. The molecule has 0 saturated carbocycles. The van der Waals surface area contributed by atoms with Gasteiger partial charge in [0.2, 0.25) is 0 Å². The number of rotatable bonds is 2. The van der Waals surface area contributed by atoms with Gasteiger partial charge in [-0.15, -0.1) is 0 Å². The first kappa shape index (κ1) is 11.1. The van der Waals surface area contributed by atoms with Gasteiger partial charge in [-0.05, 0) is 43.0 Å². The third-order valence-corrected chi connectivity index (χ3v) is 2.98. The number of hydrogen-bond acceptors (Lipinski definition) is 1. The fraction of sp³-hybridized carbons (Fsp3) is 0.364. The summed E-state index contributed by atoms with van der Waals surface area (Å²) in [6.45, 7) is 5.61. The summed E-state index contributed by atoms with van der Waals surface area (Å²) < 4.78 is 0. The molecule has 1 aromatic carbocycles. The third-order valence-electron chi connectivity index (χ3n) is 2.40. The van der Waals surface area contributed by atoms with Crippen LogP contribution in [0.1, 0.15) is 34.0 Å². The third kappa shape index (κ3) is 1.75. The van der Waals surface area contributed by atoms with Crippen molar-refractivity contribution in [1.82, 2.24) is 0 Å². The van der Waals surface area contributed by atoms with Crippen molar-refractivity contribution < 1.29 is 9.90 Å². The quantitative estimate of drug-likeness (QED) is 0.818. The first-order valence-corrected chi connectivity index (χ1v) is 4.88. The van der Waals surface area contributed by atoms with Crippen molar-refractivity contribution in [2.24, 2.45) is 0 Å². The lowest BCUT2D eigenvalue weighted by atomic mass is 9.97. The van der Waals surface area contributed by atoms with E-state index >= 15 is 0 Å². The lowest BCUT2D eigenvalue weighted by Crippen LogP contribution is -2.05. The van der Waals surface area contributed by atoms with Gasteiger partial charge < -0.3 is 5.11 Å². The van der Waals surface area contributed by atoms with E-state index in [0.29, 0.717) is 17.0 Å². The second-order valence-corrected chi connectivity index (χ2v) is 3.70. The highest BCUT2D eigenvalue weighted by atomic mass is 35.5.